The van der Waals surface area contributed by atoms with Crippen LogP contribution in [0.3, 0.4) is 0 Å². The number of nitrogens with one attached hydrogen (secondary N) is 2. The van der Waals surface area contributed by atoms with Gasteiger partial charge in [-0.15, -0.1) is 10.2 Å². The third kappa shape index (κ3) is 3.55. The summed E-state index contributed by atoms with van der Waals surface area (Å²) in [5, 5.41) is 11.9. The highest BCUT2D eigenvalue weighted by Crippen LogP contribution is 2.37. The van der Waals surface area contributed by atoms with Gasteiger partial charge in [0.05, 0.1) is 6.04 Å². The number of fused-ring (bicyclic) bond motifs is 1. The molecule has 0 radical (unpaired) electrons. The van der Waals surface area contributed by atoms with Gasteiger partial charge >= 0.3 is 0 Å². The Hall–Kier alpha value is -2.80. The Morgan fingerprint density at radius 1 is 1.19 bits per heavy atom. The summed E-state index contributed by atoms with van der Waals surface area (Å²) < 4.78 is 1.90. The molecule has 7 heteroatoms. The number of aryl methyl sites for hydroxylation is 2. The van der Waals surface area contributed by atoms with E-state index in [-0.39, 0.29) is 17.2 Å². The number of anilines is 1. The summed E-state index contributed by atoms with van der Waals surface area (Å²) in [6, 6.07) is 17.6. The first-order valence-corrected chi connectivity index (χ1v) is 9.83. The number of amides is 1. The summed E-state index contributed by atoms with van der Waals surface area (Å²) in [6.07, 6.45) is 0.766. The van der Waals surface area contributed by atoms with Crippen LogP contribution in [0, 0.1) is 6.92 Å². The Labute approximate surface area is 162 Å². The fourth-order valence-corrected chi connectivity index (χ4v) is 4.27. The Balaban J connectivity index is 1.66. The third-order valence-electron chi connectivity index (χ3n) is 4.52. The molecule has 2 atom stereocenters. The van der Waals surface area contributed by atoms with Gasteiger partial charge in [-0.1, -0.05) is 61.2 Å². The largest absolute Gasteiger partial charge is 0.325 e. The highest BCUT2D eigenvalue weighted by molar-refractivity contribution is 8.00. The maximum Gasteiger partial charge on any atom is 0.240 e. The van der Waals surface area contributed by atoms with Crippen molar-refractivity contribution >= 4 is 23.4 Å². The van der Waals surface area contributed by atoms with Crippen molar-refractivity contribution in [1.29, 1.82) is 0 Å². The van der Waals surface area contributed by atoms with Crippen LogP contribution < -0.4 is 10.7 Å². The molecule has 2 N–H and O–H groups in total. The van der Waals surface area contributed by atoms with Crippen LogP contribution in [0.1, 0.15) is 29.9 Å². The molecular weight excluding hydrogens is 358 g/mol. The topological polar surface area (TPSA) is 71.8 Å². The average molecular weight is 379 g/mol. The van der Waals surface area contributed by atoms with Gasteiger partial charge < -0.3 is 10.7 Å². The van der Waals surface area contributed by atoms with Crippen LogP contribution in [-0.2, 0) is 11.2 Å². The summed E-state index contributed by atoms with van der Waals surface area (Å²) in [5.74, 6) is 0.801. The van der Waals surface area contributed by atoms with Crippen molar-refractivity contribution < 1.29 is 4.79 Å². The van der Waals surface area contributed by atoms with E-state index >= 15 is 0 Å². The predicted octanol–water partition coefficient (Wildman–Crippen LogP) is 3.55. The zero-order chi connectivity index (χ0) is 18.8. The smallest absolute Gasteiger partial charge is 0.240 e. The van der Waals surface area contributed by atoms with Gasteiger partial charge in [0, 0.05) is 12.1 Å². The van der Waals surface area contributed by atoms with Crippen LogP contribution in [0.4, 0.5) is 5.69 Å². The van der Waals surface area contributed by atoms with E-state index in [1.54, 1.807) is 0 Å². The van der Waals surface area contributed by atoms with Gasteiger partial charge in [0.25, 0.3) is 0 Å². The number of carbonyl (C=O) groups excluding carboxylic acids is 1. The van der Waals surface area contributed by atoms with Crippen molar-refractivity contribution in [3.8, 4) is 0 Å². The summed E-state index contributed by atoms with van der Waals surface area (Å²) in [5.41, 5.74) is 6.41. The van der Waals surface area contributed by atoms with Gasteiger partial charge in [0.15, 0.2) is 5.82 Å². The van der Waals surface area contributed by atoms with Gasteiger partial charge in [-0.2, -0.15) is 0 Å². The van der Waals surface area contributed by atoms with E-state index in [4.69, 9.17) is 0 Å². The zero-order valence-electron chi connectivity index (χ0n) is 15.2. The van der Waals surface area contributed by atoms with Crippen molar-refractivity contribution in [3.63, 3.8) is 0 Å². The Morgan fingerprint density at radius 3 is 2.74 bits per heavy atom. The van der Waals surface area contributed by atoms with Crippen molar-refractivity contribution in [2.45, 2.75) is 36.7 Å². The minimum Gasteiger partial charge on any atom is -0.325 e. The summed E-state index contributed by atoms with van der Waals surface area (Å²) in [7, 11) is 0. The first-order valence-electron chi connectivity index (χ1n) is 8.95. The van der Waals surface area contributed by atoms with E-state index in [9.17, 15) is 4.79 Å². The van der Waals surface area contributed by atoms with Crippen molar-refractivity contribution in [2.24, 2.45) is 0 Å². The molecule has 1 aliphatic rings. The van der Waals surface area contributed by atoms with Gasteiger partial charge in [0.2, 0.25) is 11.1 Å². The highest BCUT2D eigenvalue weighted by Gasteiger charge is 2.37. The molecular formula is C20H21N5OS. The molecule has 0 spiro atoms. The third-order valence-corrected chi connectivity index (χ3v) is 5.74. The van der Waals surface area contributed by atoms with Crippen LogP contribution in [0.15, 0.2) is 59.8 Å². The van der Waals surface area contributed by atoms with Crippen LogP contribution in [-0.4, -0.2) is 26.0 Å². The van der Waals surface area contributed by atoms with E-state index in [0.717, 1.165) is 29.1 Å². The second-order valence-electron chi connectivity index (χ2n) is 6.50. The molecule has 2 aromatic carbocycles. The predicted molar refractivity (Wildman–Crippen MR) is 107 cm³/mol. The minimum absolute atomic E-state index is 0.0562. The molecule has 0 aliphatic carbocycles. The van der Waals surface area contributed by atoms with Crippen LogP contribution in [0.25, 0.3) is 0 Å². The van der Waals surface area contributed by atoms with E-state index in [2.05, 4.69) is 20.9 Å². The Morgan fingerprint density at radius 2 is 2.00 bits per heavy atom. The number of thioether (sulfide) groups is 1. The molecule has 2 heterocycles. The summed E-state index contributed by atoms with van der Waals surface area (Å²) in [4.78, 5) is 13.1. The van der Waals surface area contributed by atoms with Gasteiger partial charge in [0.1, 0.15) is 5.25 Å². The Bertz CT molecular complexity index is 956. The minimum atomic E-state index is -0.366. The van der Waals surface area contributed by atoms with E-state index < -0.39 is 0 Å². The number of rotatable bonds is 4. The van der Waals surface area contributed by atoms with Crippen molar-refractivity contribution in [1.82, 2.24) is 14.9 Å². The molecule has 0 unspecified atom stereocenters. The van der Waals surface area contributed by atoms with E-state index in [1.165, 1.54) is 11.8 Å². The van der Waals surface area contributed by atoms with Gasteiger partial charge in [-0.25, -0.2) is 4.68 Å². The summed E-state index contributed by atoms with van der Waals surface area (Å²) >= 11 is 1.44. The van der Waals surface area contributed by atoms with Crippen LogP contribution >= 0.6 is 11.8 Å². The molecule has 1 aromatic heterocycles. The number of carbonyl (C=O) groups is 1. The molecule has 0 bridgehead atoms. The number of hydrogen-bond acceptors (Lipinski definition) is 5. The average Bonchev–Trinajstić information content (AvgIpc) is 3.10. The van der Waals surface area contributed by atoms with Crippen molar-refractivity contribution in [2.75, 3.05) is 10.7 Å². The molecule has 6 nitrogen and oxygen atoms in total. The van der Waals surface area contributed by atoms with E-state index in [1.807, 2.05) is 73.1 Å². The first kappa shape index (κ1) is 17.6. The number of nitrogens with zero attached hydrogens (tertiary/aromatic N) is 3. The van der Waals surface area contributed by atoms with Gasteiger partial charge in [-0.3, -0.25) is 4.79 Å². The fourth-order valence-electron chi connectivity index (χ4n) is 3.17. The second kappa shape index (κ2) is 7.44. The Kier molecular flexibility index (Phi) is 4.85. The number of aromatic nitrogens is 3. The standard InChI is InChI=1S/C20H21N5OS/c1-3-16-22-23-20-25(16)24-17(14-9-5-4-6-10-14)18(27-20)19(26)21-15-11-7-8-13(2)12-15/h4-12,17-18,24H,3H2,1-2H3,(H,21,26)/t17-,18+/m0/s1. The maximum absolute atomic E-state index is 13.1. The highest BCUT2D eigenvalue weighted by atomic mass is 32.2. The number of hydrogen-bond donors (Lipinski definition) is 2. The molecule has 0 saturated heterocycles. The quantitative estimate of drug-likeness (QED) is 0.725. The van der Waals surface area contributed by atoms with Crippen LogP contribution in [0.2, 0.25) is 0 Å². The second-order valence-corrected chi connectivity index (χ2v) is 7.61. The molecule has 138 valence electrons. The number of benzene rings is 2. The maximum atomic E-state index is 13.1. The molecule has 4 rings (SSSR count). The van der Waals surface area contributed by atoms with Crippen molar-refractivity contribution in [3.05, 3.63) is 71.5 Å². The SMILES string of the molecule is CCc1nnc2n1N[C@@H](c1ccccc1)[C@H](C(=O)Nc1cccc(C)c1)S2. The lowest BCUT2D eigenvalue weighted by molar-refractivity contribution is -0.116. The summed E-state index contributed by atoms with van der Waals surface area (Å²) in [6.45, 7) is 4.05. The zero-order valence-corrected chi connectivity index (χ0v) is 16.0. The molecule has 0 fully saturated rings. The van der Waals surface area contributed by atoms with Crippen LogP contribution in [0.5, 0.6) is 0 Å². The molecule has 3 aromatic rings. The molecule has 27 heavy (non-hydrogen) atoms. The monoisotopic (exact) mass is 379 g/mol. The lowest BCUT2D eigenvalue weighted by Crippen LogP contribution is -2.41. The van der Waals surface area contributed by atoms with Gasteiger partial charge in [-0.05, 0) is 30.2 Å². The lowest BCUT2D eigenvalue weighted by Gasteiger charge is -2.33. The molecule has 0 saturated carbocycles. The molecule has 1 aliphatic heterocycles. The van der Waals surface area contributed by atoms with E-state index in [0.29, 0.717) is 5.16 Å². The molecule has 1 amide bonds. The fraction of sp³-hybridized carbons (Fsp3) is 0.250. The normalized spacial score (nSPS) is 18.4. The lowest BCUT2D eigenvalue weighted by atomic mass is 10.0. The first-order chi connectivity index (χ1) is 13.2.